The maximum Gasteiger partial charge on any atom is 0.175 e. The van der Waals surface area contributed by atoms with Crippen molar-refractivity contribution in [2.24, 2.45) is 0 Å². The normalized spacial score (nSPS) is 11.6. The first-order valence-corrected chi connectivity index (χ1v) is 7.02. The third-order valence-corrected chi connectivity index (χ3v) is 3.76. The summed E-state index contributed by atoms with van der Waals surface area (Å²) in [6, 6.07) is 10.1. The first-order chi connectivity index (χ1) is 7.88. The average molecular weight is 248 g/mol. The van der Waals surface area contributed by atoms with Crippen molar-refractivity contribution in [2.45, 2.75) is 11.8 Å². The van der Waals surface area contributed by atoms with Crippen LogP contribution in [0.15, 0.2) is 41.3 Å². The van der Waals surface area contributed by atoms with Crippen LogP contribution in [0.2, 0.25) is 0 Å². The standard InChI is InChI=1S/C13H12O3S/c1-9(14)10-3-4-12-8-13(17(2,15)16)6-5-11(12)7-10/h3-8H,1-2H3. The highest BCUT2D eigenvalue weighted by Gasteiger charge is 2.08. The molecule has 2 rings (SSSR count). The van der Waals surface area contributed by atoms with Gasteiger partial charge in [0.05, 0.1) is 4.90 Å². The zero-order chi connectivity index (χ0) is 12.6. The van der Waals surface area contributed by atoms with Crippen molar-refractivity contribution in [1.29, 1.82) is 0 Å². The summed E-state index contributed by atoms with van der Waals surface area (Å²) in [6.45, 7) is 1.51. The quantitative estimate of drug-likeness (QED) is 0.767. The average Bonchev–Trinajstić information content (AvgIpc) is 2.26. The molecule has 17 heavy (non-hydrogen) atoms. The highest BCUT2D eigenvalue weighted by Crippen LogP contribution is 2.20. The van der Waals surface area contributed by atoms with Gasteiger partial charge in [-0.25, -0.2) is 8.42 Å². The molecule has 2 aromatic rings. The maximum absolute atomic E-state index is 11.4. The predicted molar refractivity (Wildman–Crippen MR) is 67.1 cm³/mol. The Balaban J connectivity index is 2.66. The Hall–Kier alpha value is -1.68. The van der Waals surface area contributed by atoms with Gasteiger partial charge in [0.1, 0.15) is 0 Å². The van der Waals surface area contributed by atoms with Gasteiger partial charge in [-0.15, -0.1) is 0 Å². The number of sulfone groups is 1. The third kappa shape index (κ3) is 2.36. The lowest BCUT2D eigenvalue weighted by molar-refractivity contribution is 0.101. The molecule has 0 spiro atoms. The van der Waals surface area contributed by atoms with E-state index < -0.39 is 9.84 Å². The topological polar surface area (TPSA) is 51.2 Å². The van der Waals surface area contributed by atoms with Gasteiger partial charge in [0.25, 0.3) is 0 Å². The van der Waals surface area contributed by atoms with E-state index in [4.69, 9.17) is 0 Å². The molecule has 0 unspecified atom stereocenters. The van der Waals surface area contributed by atoms with Gasteiger partial charge in [-0.3, -0.25) is 4.79 Å². The lowest BCUT2D eigenvalue weighted by atomic mass is 10.1. The molecule has 0 heterocycles. The molecule has 0 N–H and O–H groups in total. The molecule has 0 saturated carbocycles. The molecule has 0 fully saturated rings. The predicted octanol–water partition coefficient (Wildman–Crippen LogP) is 2.45. The Morgan fingerprint density at radius 2 is 1.59 bits per heavy atom. The lowest BCUT2D eigenvalue weighted by Gasteiger charge is -2.03. The van der Waals surface area contributed by atoms with Gasteiger partial charge < -0.3 is 0 Å². The Kier molecular flexibility index (Phi) is 2.75. The first-order valence-electron chi connectivity index (χ1n) is 5.13. The molecule has 0 saturated heterocycles. The summed E-state index contributed by atoms with van der Waals surface area (Å²) in [7, 11) is -3.19. The number of ketones is 1. The third-order valence-electron chi connectivity index (χ3n) is 2.65. The molecule has 88 valence electrons. The summed E-state index contributed by atoms with van der Waals surface area (Å²) in [5.74, 6) is -0.000843. The number of Topliss-reactive ketones (excluding diaryl/α,β-unsaturated/α-hetero) is 1. The fourth-order valence-corrected chi connectivity index (χ4v) is 2.33. The van der Waals surface area contributed by atoms with Crippen LogP contribution in [-0.4, -0.2) is 20.5 Å². The monoisotopic (exact) mass is 248 g/mol. The van der Waals surface area contributed by atoms with E-state index in [0.29, 0.717) is 10.5 Å². The van der Waals surface area contributed by atoms with Crippen LogP contribution >= 0.6 is 0 Å². The van der Waals surface area contributed by atoms with Crippen molar-refractivity contribution in [3.63, 3.8) is 0 Å². The Labute approximate surface area is 100.0 Å². The molecular weight excluding hydrogens is 236 g/mol. The smallest absolute Gasteiger partial charge is 0.175 e. The molecule has 2 aromatic carbocycles. The summed E-state index contributed by atoms with van der Waals surface area (Å²) in [5, 5.41) is 1.68. The van der Waals surface area contributed by atoms with Gasteiger partial charge in [-0.05, 0) is 35.9 Å². The fourth-order valence-electron chi connectivity index (χ4n) is 1.67. The van der Waals surface area contributed by atoms with Crippen LogP contribution in [0.25, 0.3) is 10.8 Å². The van der Waals surface area contributed by atoms with Crippen molar-refractivity contribution in [3.05, 3.63) is 42.0 Å². The summed E-state index contributed by atoms with van der Waals surface area (Å²) >= 11 is 0. The molecular formula is C13H12O3S. The summed E-state index contributed by atoms with van der Waals surface area (Å²) in [6.07, 6.45) is 1.18. The van der Waals surface area contributed by atoms with Crippen LogP contribution in [0.4, 0.5) is 0 Å². The minimum atomic E-state index is -3.19. The molecule has 0 atom stereocenters. The Morgan fingerprint density at radius 1 is 1.00 bits per heavy atom. The highest BCUT2D eigenvalue weighted by atomic mass is 32.2. The van der Waals surface area contributed by atoms with Gasteiger partial charge in [-0.2, -0.15) is 0 Å². The van der Waals surface area contributed by atoms with Crippen molar-refractivity contribution < 1.29 is 13.2 Å². The SMILES string of the molecule is CC(=O)c1ccc2cc(S(C)(=O)=O)ccc2c1. The van der Waals surface area contributed by atoms with Gasteiger partial charge in [0, 0.05) is 11.8 Å². The van der Waals surface area contributed by atoms with Crippen molar-refractivity contribution in [3.8, 4) is 0 Å². The van der Waals surface area contributed by atoms with Gasteiger partial charge in [-0.1, -0.05) is 18.2 Å². The van der Waals surface area contributed by atoms with Gasteiger partial charge in [0.15, 0.2) is 15.6 Å². The number of carbonyl (C=O) groups excluding carboxylic acids is 1. The molecule has 0 aliphatic carbocycles. The largest absolute Gasteiger partial charge is 0.295 e. The summed E-state index contributed by atoms with van der Waals surface area (Å²) < 4.78 is 22.8. The highest BCUT2D eigenvalue weighted by molar-refractivity contribution is 7.90. The zero-order valence-electron chi connectivity index (χ0n) is 9.60. The second-order valence-corrected chi connectivity index (χ2v) is 6.07. The van der Waals surface area contributed by atoms with E-state index in [9.17, 15) is 13.2 Å². The number of hydrogen-bond donors (Lipinski definition) is 0. The number of carbonyl (C=O) groups is 1. The molecule has 0 amide bonds. The first kappa shape index (κ1) is 11.8. The van der Waals surface area contributed by atoms with Crippen molar-refractivity contribution in [1.82, 2.24) is 0 Å². The van der Waals surface area contributed by atoms with E-state index in [2.05, 4.69) is 0 Å². The van der Waals surface area contributed by atoms with E-state index in [-0.39, 0.29) is 5.78 Å². The van der Waals surface area contributed by atoms with E-state index in [1.54, 1.807) is 36.4 Å². The van der Waals surface area contributed by atoms with Crippen LogP contribution in [0.3, 0.4) is 0 Å². The molecule has 3 nitrogen and oxygen atoms in total. The van der Waals surface area contributed by atoms with Crippen molar-refractivity contribution >= 4 is 26.4 Å². The van der Waals surface area contributed by atoms with E-state index in [1.165, 1.54) is 13.2 Å². The Morgan fingerprint density at radius 3 is 2.18 bits per heavy atom. The number of rotatable bonds is 2. The second kappa shape index (κ2) is 3.96. The molecule has 0 aromatic heterocycles. The summed E-state index contributed by atoms with van der Waals surface area (Å²) in [5.41, 5.74) is 0.629. The lowest BCUT2D eigenvalue weighted by Crippen LogP contribution is -1.97. The number of benzene rings is 2. The van der Waals surface area contributed by atoms with E-state index in [1.807, 2.05) is 0 Å². The van der Waals surface area contributed by atoms with Crippen LogP contribution in [0.5, 0.6) is 0 Å². The molecule has 0 bridgehead atoms. The number of fused-ring (bicyclic) bond motifs is 1. The maximum atomic E-state index is 11.4. The molecule has 0 radical (unpaired) electrons. The molecule has 0 aliphatic rings. The molecule has 0 aliphatic heterocycles. The van der Waals surface area contributed by atoms with Gasteiger partial charge >= 0.3 is 0 Å². The van der Waals surface area contributed by atoms with E-state index in [0.717, 1.165) is 10.8 Å². The minimum absolute atomic E-state index is 0.000843. The zero-order valence-corrected chi connectivity index (χ0v) is 10.4. The number of hydrogen-bond acceptors (Lipinski definition) is 3. The minimum Gasteiger partial charge on any atom is -0.295 e. The van der Waals surface area contributed by atoms with Gasteiger partial charge in [0.2, 0.25) is 0 Å². The van der Waals surface area contributed by atoms with Crippen LogP contribution in [0, 0.1) is 0 Å². The summed E-state index contributed by atoms with van der Waals surface area (Å²) in [4.78, 5) is 11.5. The van der Waals surface area contributed by atoms with Crippen LogP contribution in [-0.2, 0) is 9.84 Å². The second-order valence-electron chi connectivity index (χ2n) is 4.05. The van der Waals surface area contributed by atoms with Crippen LogP contribution in [0.1, 0.15) is 17.3 Å². The van der Waals surface area contributed by atoms with Crippen LogP contribution < -0.4 is 0 Å². The van der Waals surface area contributed by atoms with E-state index >= 15 is 0 Å². The Bertz CT molecular complexity index is 700. The fraction of sp³-hybridized carbons (Fsp3) is 0.154. The van der Waals surface area contributed by atoms with Crippen molar-refractivity contribution in [2.75, 3.05) is 6.26 Å². The molecule has 4 heteroatoms.